The number of anilines is 2. The summed E-state index contributed by atoms with van der Waals surface area (Å²) in [4.78, 5) is 31.6. The first-order valence-electron chi connectivity index (χ1n) is 8.85. The van der Waals surface area contributed by atoms with E-state index in [0.717, 1.165) is 30.8 Å². The van der Waals surface area contributed by atoms with Crippen LogP contribution in [-0.4, -0.2) is 48.7 Å². The zero-order valence-electron chi connectivity index (χ0n) is 15.0. The van der Waals surface area contributed by atoms with Gasteiger partial charge in [-0.1, -0.05) is 6.07 Å². The van der Waals surface area contributed by atoms with Gasteiger partial charge in [-0.05, 0) is 31.4 Å². The number of hydrogen-bond acceptors (Lipinski definition) is 7. The first kappa shape index (κ1) is 17.1. The number of rotatable bonds is 4. The number of amides is 1. The van der Waals surface area contributed by atoms with Crippen molar-refractivity contribution in [3.8, 4) is 5.82 Å². The zero-order chi connectivity index (χ0) is 18.6. The second kappa shape index (κ2) is 7.48. The summed E-state index contributed by atoms with van der Waals surface area (Å²) in [6.07, 6.45) is 8.00. The summed E-state index contributed by atoms with van der Waals surface area (Å²) >= 11 is 0. The van der Waals surface area contributed by atoms with Crippen LogP contribution in [0.4, 0.5) is 11.6 Å². The van der Waals surface area contributed by atoms with Crippen molar-refractivity contribution in [2.75, 3.05) is 23.3 Å². The number of nitrogens with zero attached hydrogens (tertiary/aromatic N) is 7. The van der Waals surface area contributed by atoms with Gasteiger partial charge in [-0.3, -0.25) is 4.79 Å². The third-order valence-corrected chi connectivity index (χ3v) is 4.66. The average Bonchev–Trinajstić information content (AvgIpc) is 3.25. The minimum absolute atomic E-state index is 0.00736. The summed E-state index contributed by atoms with van der Waals surface area (Å²) in [5.41, 5.74) is 0.951. The summed E-state index contributed by atoms with van der Waals surface area (Å²) < 4.78 is 1.59. The maximum absolute atomic E-state index is 12.7. The maximum atomic E-state index is 12.7. The quantitative estimate of drug-likeness (QED) is 0.750. The summed E-state index contributed by atoms with van der Waals surface area (Å²) in [6, 6.07) is 5.65. The van der Waals surface area contributed by atoms with E-state index >= 15 is 0 Å². The van der Waals surface area contributed by atoms with E-state index in [0.29, 0.717) is 18.2 Å². The summed E-state index contributed by atoms with van der Waals surface area (Å²) in [7, 11) is 0. The molecule has 9 nitrogen and oxygen atoms in total. The van der Waals surface area contributed by atoms with Crippen molar-refractivity contribution in [2.24, 2.45) is 5.92 Å². The van der Waals surface area contributed by atoms with Crippen molar-refractivity contribution < 1.29 is 4.79 Å². The van der Waals surface area contributed by atoms with Crippen molar-refractivity contribution >= 4 is 17.5 Å². The predicted octanol–water partition coefficient (Wildman–Crippen LogP) is 1.62. The molecule has 9 heteroatoms. The molecule has 0 spiro atoms. The fourth-order valence-electron chi connectivity index (χ4n) is 3.20. The van der Waals surface area contributed by atoms with Gasteiger partial charge < -0.3 is 10.2 Å². The highest BCUT2D eigenvalue weighted by atomic mass is 16.2. The topological polar surface area (TPSA) is 102 Å². The Hall–Kier alpha value is -3.36. The Morgan fingerprint density at radius 2 is 2.11 bits per heavy atom. The number of carbonyl (C=O) groups excluding carboxylic acids is 1. The van der Waals surface area contributed by atoms with Crippen molar-refractivity contribution in [3.05, 3.63) is 48.9 Å². The van der Waals surface area contributed by atoms with Gasteiger partial charge in [0, 0.05) is 25.4 Å². The molecule has 0 bridgehead atoms. The largest absolute Gasteiger partial charge is 0.356 e. The molecule has 1 atom stereocenters. The minimum atomic E-state index is -0.120. The standard InChI is InChI=1S/C18H20N8O/c1-13-4-2-6-20-17(13)24-18(27)14-5-3-7-25(9-14)15-8-16(22-11-21-15)26-12-19-10-23-26/h2,4,6,8,10-12,14H,3,5,7,9H2,1H3,(H,20,24,27). The molecule has 1 N–H and O–H groups in total. The Labute approximate surface area is 156 Å². The van der Waals surface area contributed by atoms with Crippen LogP contribution in [0.2, 0.25) is 0 Å². The highest BCUT2D eigenvalue weighted by Gasteiger charge is 2.27. The first-order valence-corrected chi connectivity index (χ1v) is 8.85. The lowest BCUT2D eigenvalue weighted by atomic mass is 9.97. The third-order valence-electron chi connectivity index (χ3n) is 4.66. The van der Waals surface area contributed by atoms with E-state index in [1.54, 1.807) is 17.2 Å². The molecule has 3 aromatic rings. The number of pyridine rings is 1. The van der Waals surface area contributed by atoms with Crippen molar-refractivity contribution in [1.82, 2.24) is 29.7 Å². The molecule has 0 aromatic carbocycles. The minimum Gasteiger partial charge on any atom is -0.356 e. The van der Waals surface area contributed by atoms with Crippen molar-refractivity contribution in [1.29, 1.82) is 0 Å². The highest BCUT2D eigenvalue weighted by molar-refractivity contribution is 5.92. The number of aryl methyl sites for hydroxylation is 1. The molecule has 1 fully saturated rings. The second-order valence-electron chi connectivity index (χ2n) is 6.52. The lowest BCUT2D eigenvalue weighted by Gasteiger charge is -2.32. The molecule has 1 unspecified atom stereocenters. The highest BCUT2D eigenvalue weighted by Crippen LogP contribution is 2.23. The van der Waals surface area contributed by atoms with Gasteiger partial charge in [0.25, 0.3) is 0 Å². The van der Waals surface area contributed by atoms with Crippen LogP contribution in [-0.2, 0) is 4.79 Å². The number of carbonyl (C=O) groups is 1. The van der Waals surface area contributed by atoms with E-state index in [1.807, 2.05) is 25.1 Å². The van der Waals surface area contributed by atoms with Gasteiger partial charge in [-0.2, -0.15) is 5.10 Å². The van der Waals surface area contributed by atoms with E-state index in [9.17, 15) is 4.79 Å². The molecule has 0 radical (unpaired) electrons. The van der Waals surface area contributed by atoms with Gasteiger partial charge in [0.2, 0.25) is 5.91 Å². The average molecular weight is 364 g/mol. The fraction of sp³-hybridized carbons (Fsp3) is 0.333. The SMILES string of the molecule is Cc1cccnc1NC(=O)C1CCCN(c2cc(-n3cncn3)ncn2)C1. The molecule has 1 amide bonds. The molecular formula is C18H20N8O. The molecule has 4 rings (SSSR count). The maximum Gasteiger partial charge on any atom is 0.230 e. The molecule has 0 saturated carbocycles. The van der Waals surface area contributed by atoms with Crippen LogP contribution in [0, 0.1) is 12.8 Å². The number of piperidine rings is 1. The van der Waals surface area contributed by atoms with Crippen molar-refractivity contribution in [2.45, 2.75) is 19.8 Å². The van der Waals surface area contributed by atoms with E-state index in [4.69, 9.17) is 0 Å². The van der Waals surface area contributed by atoms with Gasteiger partial charge in [0.15, 0.2) is 5.82 Å². The molecule has 1 aliphatic rings. The third kappa shape index (κ3) is 3.76. The zero-order valence-corrected chi connectivity index (χ0v) is 15.0. The van der Waals surface area contributed by atoms with Gasteiger partial charge in [0.1, 0.15) is 30.6 Å². The summed E-state index contributed by atoms with van der Waals surface area (Å²) in [5, 5.41) is 7.05. The molecule has 27 heavy (non-hydrogen) atoms. The fourth-order valence-corrected chi connectivity index (χ4v) is 3.20. The van der Waals surface area contributed by atoms with Crippen LogP contribution < -0.4 is 10.2 Å². The molecule has 1 aliphatic heterocycles. The summed E-state index contributed by atoms with van der Waals surface area (Å²) in [6.45, 7) is 3.38. The lowest BCUT2D eigenvalue weighted by molar-refractivity contribution is -0.120. The van der Waals surface area contributed by atoms with Crippen LogP contribution in [0.5, 0.6) is 0 Å². The van der Waals surface area contributed by atoms with Gasteiger partial charge in [-0.15, -0.1) is 0 Å². The number of aromatic nitrogens is 6. The Bertz CT molecular complexity index is 927. The molecule has 1 saturated heterocycles. The molecule has 138 valence electrons. The van der Waals surface area contributed by atoms with Crippen molar-refractivity contribution in [3.63, 3.8) is 0 Å². The van der Waals surface area contributed by atoms with Crippen LogP contribution >= 0.6 is 0 Å². The Balaban J connectivity index is 1.47. The number of nitrogens with one attached hydrogen (secondary N) is 1. The first-order chi connectivity index (χ1) is 13.2. The summed E-state index contributed by atoms with van der Waals surface area (Å²) in [5.74, 6) is 1.92. The molecular weight excluding hydrogens is 344 g/mol. The monoisotopic (exact) mass is 364 g/mol. The smallest absolute Gasteiger partial charge is 0.230 e. The van der Waals surface area contributed by atoms with Crippen LogP contribution in [0.25, 0.3) is 5.82 Å². The predicted molar refractivity (Wildman–Crippen MR) is 99.5 cm³/mol. The van der Waals surface area contributed by atoms with E-state index in [1.165, 1.54) is 12.7 Å². The van der Waals surface area contributed by atoms with Crippen LogP contribution in [0.3, 0.4) is 0 Å². The number of hydrogen-bond donors (Lipinski definition) is 1. The van der Waals surface area contributed by atoms with E-state index in [2.05, 4.69) is 35.3 Å². The molecule has 4 heterocycles. The van der Waals surface area contributed by atoms with E-state index < -0.39 is 0 Å². The van der Waals surface area contributed by atoms with Crippen LogP contribution in [0.1, 0.15) is 18.4 Å². The van der Waals surface area contributed by atoms with Crippen LogP contribution in [0.15, 0.2) is 43.4 Å². The molecule has 0 aliphatic carbocycles. The van der Waals surface area contributed by atoms with E-state index in [-0.39, 0.29) is 11.8 Å². The van der Waals surface area contributed by atoms with Gasteiger partial charge >= 0.3 is 0 Å². The Morgan fingerprint density at radius 3 is 2.93 bits per heavy atom. The van der Waals surface area contributed by atoms with Gasteiger partial charge in [0.05, 0.1) is 5.92 Å². The normalized spacial score (nSPS) is 16.9. The Morgan fingerprint density at radius 1 is 1.22 bits per heavy atom. The second-order valence-corrected chi connectivity index (χ2v) is 6.52. The lowest BCUT2D eigenvalue weighted by Crippen LogP contribution is -2.41. The Kier molecular flexibility index (Phi) is 4.73. The molecule has 3 aromatic heterocycles. The van der Waals surface area contributed by atoms with Gasteiger partial charge in [-0.25, -0.2) is 24.6 Å².